The highest BCUT2D eigenvalue weighted by molar-refractivity contribution is 5.86. The summed E-state index contributed by atoms with van der Waals surface area (Å²) in [6.45, 7) is 2.46. The molecule has 0 unspecified atom stereocenters. The molecule has 0 amide bonds. The third-order valence-corrected chi connectivity index (χ3v) is 5.56. The number of aliphatic hydroxyl groups is 1. The predicted molar refractivity (Wildman–Crippen MR) is 95.4 cm³/mol. The monoisotopic (exact) mass is 361 g/mol. The molecule has 26 heavy (non-hydrogen) atoms. The van der Waals surface area contributed by atoms with E-state index in [2.05, 4.69) is 9.64 Å². The highest BCUT2D eigenvalue weighted by Crippen LogP contribution is 2.33. The van der Waals surface area contributed by atoms with Crippen LogP contribution in [0.1, 0.15) is 31.2 Å². The normalized spacial score (nSPS) is 24.7. The van der Waals surface area contributed by atoms with Crippen LogP contribution in [0.4, 0.5) is 0 Å². The van der Waals surface area contributed by atoms with Crippen LogP contribution >= 0.6 is 0 Å². The summed E-state index contributed by atoms with van der Waals surface area (Å²) in [5.74, 6) is -1.08. The number of carbonyl (C=O) groups is 2. The van der Waals surface area contributed by atoms with Gasteiger partial charge < -0.3 is 14.6 Å². The smallest absolute Gasteiger partial charge is 0.339 e. The van der Waals surface area contributed by atoms with E-state index in [0.29, 0.717) is 12.0 Å². The first-order valence-electron chi connectivity index (χ1n) is 9.26. The summed E-state index contributed by atoms with van der Waals surface area (Å²) in [5.41, 5.74) is -1.15. The van der Waals surface area contributed by atoms with Crippen LogP contribution in [-0.4, -0.2) is 60.4 Å². The number of hydrogen-bond acceptors (Lipinski definition) is 6. The van der Waals surface area contributed by atoms with Gasteiger partial charge in [0.25, 0.3) is 0 Å². The van der Waals surface area contributed by atoms with Gasteiger partial charge in [-0.1, -0.05) is 30.3 Å². The summed E-state index contributed by atoms with van der Waals surface area (Å²) < 4.78 is 10.1. The number of methoxy groups -OCH3 is 1. The summed E-state index contributed by atoms with van der Waals surface area (Å²) in [6.07, 6.45) is 2.93. The molecule has 6 heteroatoms. The molecule has 1 aromatic rings. The summed E-state index contributed by atoms with van der Waals surface area (Å²) >= 11 is 0. The molecule has 0 bridgehead atoms. The molecule has 0 saturated carbocycles. The molecule has 2 heterocycles. The lowest BCUT2D eigenvalue weighted by atomic mass is 9.91. The Bertz CT molecular complexity index is 634. The molecule has 2 fully saturated rings. The van der Waals surface area contributed by atoms with Crippen LogP contribution in [0.3, 0.4) is 0 Å². The fraction of sp³-hybridized carbons (Fsp3) is 0.600. The molecule has 3 rings (SSSR count). The molecule has 2 aliphatic heterocycles. The van der Waals surface area contributed by atoms with Crippen molar-refractivity contribution in [2.45, 2.75) is 43.7 Å². The number of benzene rings is 1. The maximum absolute atomic E-state index is 12.7. The van der Waals surface area contributed by atoms with Crippen molar-refractivity contribution in [2.24, 2.45) is 5.92 Å². The van der Waals surface area contributed by atoms with Gasteiger partial charge in [0.2, 0.25) is 0 Å². The highest BCUT2D eigenvalue weighted by atomic mass is 16.6. The fourth-order valence-corrected chi connectivity index (χ4v) is 4.15. The van der Waals surface area contributed by atoms with Gasteiger partial charge in [-0.25, -0.2) is 4.79 Å². The number of nitrogens with zero attached hydrogens (tertiary/aromatic N) is 1. The van der Waals surface area contributed by atoms with Crippen molar-refractivity contribution in [3.63, 3.8) is 0 Å². The number of ether oxygens (including phenoxy) is 2. The second kappa shape index (κ2) is 8.18. The number of esters is 2. The van der Waals surface area contributed by atoms with Crippen molar-refractivity contribution >= 4 is 11.9 Å². The first-order valence-corrected chi connectivity index (χ1v) is 9.26. The minimum absolute atomic E-state index is 0.0159. The van der Waals surface area contributed by atoms with Crippen LogP contribution in [0.5, 0.6) is 0 Å². The van der Waals surface area contributed by atoms with E-state index in [9.17, 15) is 14.7 Å². The summed E-state index contributed by atoms with van der Waals surface area (Å²) in [7, 11) is 1.24. The zero-order valence-electron chi connectivity index (χ0n) is 15.2. The van der Waals surface area contributed by atoms with E-state index in [1.54, 1.807) is 0 Å². The molecular weight excluding hydrogens is 334 g/mol. The van der Waals surface area contributed by atoms with Gasteiger partial charge in [0, 0.05) is 18.4 Å². The van der Waals surface area contributed by atoms with E-state index in [1.807, 2.05) is 30.3 Å². The van der Waals surface area contributed by atoms with Gasteiger partial charge in [0.1, 0.15) is 0 Å². The van der Waals surface area contributed by atoms with Crippen molar-refractivity contribution in [3.8, 4) is 0 Å². The fourth-order valence-electron chi connectivity index (χ4n) is 4.15. The number of hydrogen-bond donors (Lipinski definition) is 1. The van der Waals surface area contributed by atoms with Crippen LogP contribution in [-0.2, 0) is 25.5 Å². The van der Waals surface area contributed by atoms with Crippen molar-refractivity contribution in [3.05, 3.63) is 35.9 Å². The van der Waals surface area contributed by atoms with E-state index >= 15 is 0 Å². The largest absolute Gasteiger partial charge is 0.469 e. The predicted octanol–water partition coefficient (Wildman–Crippen LogP) is 1.55. The van der Waals surface area contributed by atoms with Crippen molar-refractivity contribution in [1.82, 2.24) is 4.90 Å². The quantitative estimate of drug-likeness (QED) is 0.743. The standard InChI is InChI=1S/C20H27NO5/c1-25-18(22)13-20(24,12-15-6-3-2-4-7-15)19(23)26-14-16-9-11-21-10-5-8-17(16)21/h2-4,6-7,16-17,24H,5,8-14H2,1H3/t16-,17-,20+/m1/s1. The first-order chi connectivity index (χ1) is 12.5. The molecule has 0 radical (unpaired) electrons. The SMILES string of the molecule is COC(=O)C[C@@](O)(Cc1ccccc1)C(=O)OC[C@H]1CCN2CCC[C@H]12. The Kier molecular flexibility index (Phi) is 5.94. The zero-order chi connectivity index (χ0) is 18.6. The van der Waals surface area contributed by atoms with Crippen LogP contribution in [0.2, 0.25) is 0 Å². The van der Waals surface area contributed by atoms with Crippen LogP contribution in [0, 0.1) is 5.92 Å². The van der Waals surface area contributed by atoms with Gasteiger partial charge >= 0.3 is 11.9 Å². The molecular formula is C20H27NO5. The van der Waals surface area contributed by atoms with Crippen molar-refractivity contribution < 1.29 is 24.2 Å². The van der Waals surface area contributed by atoms with Crippen LogP contribution in [0.25, 0.3) is 0 Å². The minimum Gasteiger partial charge on any atom is -0.469 e. The minimum atomic E-state index is -1.91. The lowest BCUT2D eigenvalue weighted by molar-refractivity contribution is -0.173. The van der Waals surface area contributed by atoms with Gasteiger partial charge in [-0.15, -0.1) is 0 Å². The van der Waals surface area contributed by atoms with E-state index in [-0.39, 0.29) is 13.0 Å². The molecule has 1 aromatic carbocycles. The number of rotatable bonds is 7. The third-order valence-electron chi connectivity index (χ3n) is 5.56. The van der Waals surface area contributed by atoms with Crippen molar-refractivity contribution in [1.29, 1.82) is 0 Å². The Morgan fingerprint density at radius 1 is 1.23 bits per heavy atom. The molecule has 6 nitrogen and oxygen atoms in total. The Morgan fingerprint density at radius 2 is 2.00 bits per heavy atom. The van der Waals surface area contributed by atoms with E-state index in [1.165, 1.54) is 13.5 Å². The van der Waals surface area contributed by atoms with Gasteiger partial charge in [0.05, 0.1) is 20.1 Å². The second-order valence-corrected chi connectivity index (χ2v) is 7.34. The zero-order valence-corrected chi connectivity index (χ0v) is 15.2. The highest BCUT2D eigenvalue weighted by Gasteiger charge is 2.43. The lowest BCUT2D eigenvalue weighted by Crippen LogP contribution is -2.45. The van der Waals surface area contributed by atoms with Gasteiger partial charge in [-0.3, -0.25) is 9.69 Å². The molecule has 2 saturated heterocycles. The topological polar surface area (TPSA) is 76.1 Å². The maximum atomic E-state index is 12.7. The average molecular weight is 361 g/mol. The van der Waals surface area contributed by atoms with Gasteiger partial charge in [0.15, 0.2) is 5.60 Å². The van der Waals surface area contributed by atoms with Gasteiger partial charge in [-0.2, -0.15) is 0 Å². The molecule has 0 aromatic heterocycles. The average Bonchev–Trinajstić information content (AvgIpc) is 3.24. The van der Waals surface area contributed by atoms with Crippen LogP contribution < -0.4 is 0 Å². The Hall–Kier alpha value is -1.92. The Morgan fingerprint density at radius 3 is 2.73 bits per heavy atom. The maximum Gasteiger partial charge on any atom is 0.339 e. The molecule has 1 N–H and O–H groups in total. The second-order valence-electron chi connectivity index (χ2n) is 7.34. The van der Waals surface area contributed by atoms with E-state index in [4.69, 9.17) is 4.74 Å². The lowest BCUT2D eigenvalue weighted by Gasteiger charge is -2.27. The van der Waals surface area contributed by atoms with E-state index in [0.717, 1.165) is 31.5 Å². The van der Waals surface area contributed by atoms with E-state index < -0.39 is 24.0 Å². The first kappa shape index (κ1) is 18.9. The molecule has 0 spiro atoms. The summed E-state index contributed by atoms with van der Waals surface area (Å²) in [5, 5.41) is 10.9. The third kappa shape index (κ3) is 4.24. The Labute approximate surface area is 154 Å². The van der Waals surface area contributed by atoms with Gasteiger partial charge in [-0.05, 0) is 37.9 Å². The number of fused-ring (bicyclic) bond motifs is 1. The Balaban J connectivity index is 1.65. The summed E-state index contributed by atoms with van der Waals surface area (Å²) in [6, 6.07) is 9.60. The number of carbonyl (C=O) groups excluding carboxylic acids is 2. The molecule has 0 aliphatic carbocycles. The molecule has 142 valence electrons. The molecule has 2 aliphatic rings. The summed E-state index contributed by atoms with van der Waals surface area (Å²) in [4.78, 5) is 26.9. The van der Waals surface area contributed by atoms with Crippen LogP contribution in [0.15, 0.2) is 30.3 Å². The molecule has 3 atom stereocenters. The van der Waals surface area contributed by atoms with Crippen molar-refractivity contribution in [2.75, 3.05) is 26.8 Å².